The molecule has 0 fully saturated rings. The Morgan fingerprint density at radius 1 is 1.27 bits per heavy atom. The predicted octanol–water partition coefficient (Wildman–Crippen LogP) is 3.27. The number of benzene rings is 1. The standard InChI is InChI=1S/C14H11ClFIN4O/c15-11-10-13(20-14(17)19-11)21(5-2-6-22)12(18-10)8-3-1-4-9(16)7-8/h1,3-4,7,22H,2,5-6H2. The summed E-state index contributed by atoms with van der Waals surface area (Å²) >= 11 is 8.13. The molecule has 1 N–H and O–H groups in total. The third kappa shape index (κ3) is 2.92. The Balaban J connectivity index is 2.26. The number of fused-ring (bicyclic) bond motifs is 1. The van der Waals surface area contributed by atoms with Crippen molar-refractivity contribution in [3.8, 4) is 11.4 Å². The van der Waals surface area contributed by atoms with Crippen LogP contribution in [0.5, 0.6) is 0 Å². The average Bonchev–Trinajstić information content (AvgIpc) is 2.84. The molecule has 3 rings (SSSR count). The quantitative estimate of drug-likeness (QED) is 0.390. The minimum Gasteiger partial charge on any atom is -0.396 e. The van der Waals surface area contributed by atoms with Gasteiger partial charge in [-0.3, -0.25) is 0 Å². The maximum absolute atomic E-state index is 13.5. The van der Waals surface area contributed by atoms with Crippen molar-refractivity contribution in [1.29, 1.82) is 0 Å². The maximum atomic E-state index is 13.5. The van der Waals surface area contributed by atoms with Gasteiger partial charge in [0.25, 0.3) is 0 Å². The summed E-state index contributed by atoms with van der Waals surface area (Å²) in [6.45, 7) is 0.542. The highest BCUT2D eigenvalue weighted by molar-refractivity contribution is 14.1. The molecule has 0 bridgehead atoms. The monoisotopic (exact) mass is 432 g/mol. The van der Waals surface area contributed by atoms with Crippen LogP contribution in [-0.2, 0) is 6.54 Å². The van der Waals surface area contributed by atoms with Gasteiger partial charge in [-0.05, 0) is 18.6 Å². The summed E-state index contributed by atoms with van der Waals surface area (Å²) in [4.78, 5) is 12.9. The molecule has 2 heterocycles. The van der Waals surface area contributed by atoms with Crippen molar-refractivity contribution in [2.24, 2.45) is 0 Å². The minimum atomic E-state index is -0.343. The lowest BCUT2D eigenvalue weighted by Crippen LogP contribution is -2.04. The van der Waals surface area contributed by atoms with Crippen molar-refractivity contribution >= 4 is 45.4 Å². The van der Waals surface area contributed by atoms with Crippen LogP contribution in [0.1, 0.15) is 6.42 Å². The Morgan fingerprint density at radius 2 is 2.09 bits per heavy atom. The highest BCUT2D eigenvalue weighted by Crippen LogP contribution is 2.28. The van der Waals surface area contributed by atoms with E-state index in [1.165, 1.54) is 12.1 Å². The fourth-order valence-electron chi connectivity index (χ4n) is 2.23. The molecule has 8 heteroatoms. The summed E-state index contributed by atoms with van der Waals surface area (Å²) in [6.07, 6.45) is 0.534. The number of halogens is 3. The molecule has 2 aromatic heterocycles. The maximum Gasteiger partial charge on any atom is 0.194 e. The Kier molecular flexibility index (Phi) is 4.55. The first kappa shape index (κ1) is 15.6. The Morgan fingerprint density at radius 3 is 2.82 bits per heavy atom. The van der Waals surface area contributed by atoms with Gasteiger partial charge in [0.05, 0.1) is 0 Å². The van der Waals surface area contributed by atoms with Crippen LogP contribution < -0.4 is 0 Å². The molecule has 0 aliphatic heterocycles. The van der Waals surface area contributed by atoms with Crippen LogP contribution in [0.2, 0.25) is 5.15 Å². The summed E-state index contributed by atoms with van der Waals surface area (Å²) in [7, 11) is 0. The summed E-state index contributed by atoms with van der Waals surface area (Å²) in [6, 6.07) is 6.17. The molecule has 114 valence electrons. The summed E-state index contributed by atoms with van der Waals surface area (Å²) in [5.41, 5.74) is 1.68. The molecule has 0 aliphatic rings. The number of aliphatic hydroxyl groups excluding tert-OH is 1. The molecular formula is C14H11ClFIN4O. The third-order valence-electron chi connectivity index (χ3n) is 3.15. The van der Waals surface area contributed by atoms with E-state index in [1.807, 2.05) is 27.2 Å². The van der Waals surface area contributed by atoms with Gasteiger partial charge in [0, 0.05) is 41.3 Å². The molecule has 0 spiro atoms. The van der Waals surface area contributed by atoms with Crippen LogP contribution in [-0.4, -0.2) is 31.2 Å². The number of aryl methyl sites for hydroxylation is 1. The normalized spacial score (nSPS) is 11.3. The van der Waals surface area contributed by atoms with Crippen LogP contribution >= 0.6 is 34.2 Å². The van der Waals surface area contributed by atoms with Gasteiger partial charge in [-0.25, -0.2) is 19.3 Å². The summed E-state index contributed by atoms with van der Waals surface area (Å²) in [5.74, 6) is 0.214. The number of aliphatic hydroxyl groups is 1. The number of nitrogens with zero attached hydrogens (tertiary/aromatic N) is 4. The van der Waals surface area contributed by atoms with Crippen molar-refractivity contribution in [3.05, 3.63) is 39.1 Å². The number of hydrogen-bond acceptors (Lipinski definition) is 4. The van der Waals surface area contributed by atoms with Crippen molar-refractivity contribution in [2.75, 3.05) is 6.61 Å². The highest BCUT2D eigenvalue weighted by atomic mass is 127. The molecule has 0 saturated heterocycles. The topological polar surface area (TPSA) is 63.8 Å². The van der Waals surface area contributed by atoms with Crippen molar-refractivity contribution in [3.63, 3.8) is 0 Å². The molecule has 22 heavy (non-hydrogen) atoms. The molecule has 0 saturated carbocycles. The van der Waals surface area contributed by atoms with E-state index in [0.717, 1.165) is 0 Å². The van der Waals surface area contributed by atoms with Crippen LogP contribution in [0.4, 0.5) is 4.39 Å². The Bertz CT molecular complexity index is 839. The summed E-state index contributed by atoms with van der Waals surface area (Å²) < 4.78 is 15.8. The van der Waals surface area contributed by atoms with Crippen LogP contribution in [0.15, 0.2) is 24.3 Å². The fraction of sp³-hybridized carbons (Fsp3) is 0.214. The summed E-state index contributed by atoms with van der Waals surface area (Å²) in [5, 5.41) is 9.36. The zero-order valence-corrected chi connectivity index (χ0v) is 14.2. The van der Waals surface area contributed by atoms with Gasteiger partial charge < -0.3 is 9.67 Å². The second-order valence-electron chi connectivity index (χ2n) is 4.63. The minimum absolute atomic E-state index is 0.0399. The zero-order valence-electron chi connectivity index (χ0n) is 11.3. The molecule has 1 aromatic carbocycles. The van der Waals surface area contributed by atoms with Gasteiger partial charge in [-0.15, -0.1) is 0 Å². The third-order valence-corrected chi connectivity index (χ3v) is 3.89. The first-order chi connectivity index (χ1) is 10.6. The van der Waals surface area contributed by atoms with Crippen molar-refractivity contribution in [1.82, 2.24) is 19.5 Å². The van der Waals surface area contributed by atoms with Gasteiger partial charge >= 0.3 is 0 Å². The second-order valence-corrected chi connectivity index (χ2v) is 5.95. The van der Waals surface area contributed by atoms with Gasteiger partial charge in [-0.1, -0.05) is 23.7 Å². The molecule has 0 unspecified atom stereocenters. The van der Waals surface area contributed by atoms with Crippen LogP contribution in [0.3, 0.4) is 0 Å². The molecule has 0 amide bonds. The Labute approximate surface area is 144 Å². The lowest BCUT2D eigenvalue weighted by molar-refractivity contribution is 0.280. The second kappa shape index (κ2) is 6.43. The van der Waals surface area contributed by atoms with Gasteiger partial charge in [0.15, 0.2) is 14.6 Å². The first-order valence-corrected chi connectivity index (χ1v) is 8.02. The van der Waals surface area contributed by atoms with Gasteiger partial charge in [-0.2, -0.15) is 0 Å². The molecule has 0 radical (unpaired) electrons. The van der Waals surface area contributed by atoms with E-state index in [9.17, 15) is 4.39 Å². The molecule has 0 atom stereocenters. The van der Waals surface area contributed by atoms with Crippen LogP contribution in [0, 0.1) is 9.65 Å². The first-order valence-electron chi connectivity index (χ1n) is 6.56. The van der Waals surface area contributed by atoms with Gasteiger partial charge in [0.1, 0.15) is 17.2 Å². The lowest BCUT2D eigenvalue weighted by Gasteiger charge is -2.08. The average molecular weight is 433 g/mol. The van der Waals surface area contributed by atoms with E-state index in [2.05, 4.69) is 15.0 Å². The largest absolute Gasteiger partial charge is 0.396 e. The van der Waals surface area contributed by atoms with Gasteiger partial charge in [0.2, 0.25) is 0 Å². The van der Waals surface area contributed by atoms with E-state index >= 15 is 0 Å². The molecule has 3 aromatic rings. The zero-order chi connectivity index (χ0) is 15.7. The number of rotatable bonds is 4. The SMILES string of the molecule is OCCCn1c(-c2cccc(F)c2)nc2c(Cl)nc(I)nc21. The lowest BCUT2D eigenvalue weighted by atomic mass is 10.2. The van der Waals surface area contributed by atoms with E-state index in [1.54, 1.807) is 12.1 Å². The van der Waals surface area contributed by atoms with Crippen molar-refractivity contribution in [2.45, 2.75) is 13.0 Å². The Hall–Kier alpha value is -1.32. The molecule has 0 aliphatic carbocycles. The number of imidazole rings is 1. The molecular weight excluding hydrogens is 422 g/mol. The fourth-order valence-corrected chi connectivity index (χ4v) is 3.05. The molecule has 5 nitrogen and oxygen atoms in total. The van der Waals surface area contributed by atoms with E-state index in [4.69, 9.17) is 16.7 Å². The van der Waals surface area contributed by atoms with Crippen LogP contribution in [0.25, 0.3) is 22.6 Å². The van der Waals surface area contributed by atoms with Crippen molar-refractivity contribution < 1.29 is 9.50 Å². The smallest absolute Gasteiger partial charge is 0.194 e. The van der Waals surface area contributed by atoms with E-state index < -0.39 is 0 Å². The van der Waals surface area contributed by atoms with E-state index in [0.29, 0.717) is 39.3 Å². The number of aromatic nitrogens is 4. The predicted molar refractivity (Wildman–Crippen MR) is 90.1 cm³/mol. The van der Waals surface area contributed by atoms with E-state index in [-0.39, 0.29) is 17.6 Å². The number of hydrogen-bond donors (Lipinski definition) is 1. The highest BCUT2D eigenvalue weighted by Gasteiger charge is 2.17.